The van der Waals surface area contributed by atoms with Gasteiger partial charge >= 0.3 is 5.97 Å². The van der Waals surface area contributed by atoms with Gasteiger partial charge in [-0.3, -0.25) is 19.3 Å². The molecule has 0 saturated carbocycles. The lowest BCUT2D eigenvalue weighted by Gasteiger charge is -2.13. The maximum Gasteiger partial charge on any atom is 0.350 e. The Hall–Kier alpha value is -2.52. The highest BCUT2D eigenvalue weighted by Gasteiger charge is 2.35. The first kappa shape index (κ1) is 18.3. The van der Waals surface area contributed by atoms with Gasteiger partial charge < -0.3 is 10.1 Å². The molecule has 0 radical (unpaired) electrons. The monoisotopic (exact) mass is 436 g/mol. The minimum atomic E-state index is -0.541. The van der Waals surface area contributed by atoms with Crippen molar-refractivity contribution in [1.29, 1.82) is 0 Å². The van der Waals surface area contributed by atoms with Crippen molar-refractivity contribution in [3.63, 3.8) is 0 Å². The standard InChI is InChI=1S/C17H13BrN2O5S/c1-25-17(24)14-12(5-7-26-14)19-13(21)4-6-20-15(22)10-3-2-9(18)8-11(10)16(20)23/h2-3,5,7-8H,4,6H2,1H3,(H,19,21). The van der Waals surface area contributed by atoms with E-state index in [1.54, 1.807) is 29.6 Å². The summed E-state index contributed by atoms with van der Waals surface area (Å²) in [5.41, 5.74) is 0.984. The van der Waals surface area contributed by atoms with E-state index < -0.39 is 23.7 Å². The number of carbonyl (C=O) groups excluding carboxylic acids is 4. The predicted octanol–water partition coefficient (Wildman–Crippen LogP) is 2.92. The predicted molar refractivity (Wildman–Crippen MR) is 98.4 cm³/mol. The van der Waals surface area contributed by atoms with Crippen LogP contribution < -0.4 is 5.32 Å². The number of carbonyl (C=O) groups is 4. The largest absolute Gasteiger partial charge is 0.465 e. The molecule has 26 heavy (non-hydrogen) atoms. The fraction of sp³-hybridized carbons (Fsp3) is 0.176. The van der Waals surface area contributed by atoms with E-state index in [1.807, 2.05) is 0 Å². The third kappa shape index (κ3) is 3.40. The Labute approximate surface area is 161 Å². The second-order valence-electron chi connectivity index (χ2n) is 5.41. The molecule has 3 amide bonds. The third-order valence-corrected chi connectivity index (χ3v) is 5.19. The molecule has 0 atom stereocenters. The van der Waals surface area contributed by atoms with Crippen LogP contribution in [0.3, 0.4) is 0 Å². The van der Waals surface area contributed by atoms with Crippen molar-refractivity contribution in [2.24, 2.45) is 0 Å². The molecule has 3 rings (SSSR count). The summed E-state index contributed by atoms with van der Waals surface area (Å²) in [4.78, 5) is 49.8. The van der Waals surface area contributed by atoms with E-state index in [0.29, 0.717) is 21.3 Å². The van der Waals surface area contributed by atoms with Crippen molar-refractivity contribution in [3.8, 4) is 0 Å². The van der Waals surface area contributed by atoms with Crippen LogP contribution in [-0.4, -0.2) is 42.2 Å². The zero-order valence-electron chi connectivity index (χ0n) is 13.6. The van der Waals surface area contributed by atoms with Crippen LogP contribution in [0.2, 0.25) is 0 Å². The summed E-state index contributed by atoms with van der Waals surface area (Å²) in [6, 6.07) is 6.44. The molecule has 0 fully saturated rings. The van der Waals surface area contributed by atoms with Gasteiger partial charge in [0.15, 0.2) is 0 Å². The van der Waals surface area contributed by atoms with Gasteiger partial charge in [-0.15, -0.1) is 11.3 Å². The van der Waals surface area contributed by atoms with Crippen molar-refractivity contribution in [1.82, 2.24) is 4.90 Å². The molecule has 0 spiro atoms. The number of esters is 1. The lowest BCUT2D eigenvalue weighted by molar-refractivity contribution is -0.116. The van der Waals surface area contributed by atoms with Crippen LogP contribution in [0, 0.1) is 0 Å². The SMILES string of the molecule is COC(=O)c1sccc1NC(=O)CCN1C(=O)c2ccc(Br)cc2C1=O. The lowest BCUT2D eigenvalue weighted by atomic mass is 10.1. The number of amides is 3. The number of hydrogen-bond donors (Lipinski definition) is 1. The molecular formula is C17H13BrN2O5S. The fourth-order valence-corrected chi connectivity index (χ4v) is 3.68. The van der Waals surface area contributed by atoms with Crippen LogP contribution in [0.5, 0.6) is 0 Å². The first-order valence-corrected chi connectivity index (χ1v) is 9.21. The average Bonchev–Trinajstić information content (AvgIpc) is 3.16. The number of halogens is 1. The third-order valence-electron chi connectivity index (χ3n) is 3.81. The van der Waals surface area contributed by atoms with Crippen LogP contribution in [0.15, 0.2) is 34.1 Å². The summed E-state index contributed by atoms with van der Waals surface area (Å²) in [6.07, 6.45) is -0.0803. The van der Waals surface area contributed by atoms with Crippen molar-refractivity contribution >= 4 is 56.6 Å². The van der Waals surface area contributed by atoms with Gasteiger partial charge in [-0.05, 0) is 29.6 Å². The maximum atomic E-state index is 12.4. The molecule has 134 valence electrons. The Bertz CT molecular complexity index is 924. The van der Waals surface area contributed by atoms with E-state index in [0.717, 1.165) is 16.2 Å². The number of ether oxygens (including phenoxy) is 1. The highest BCUT2D eigenvalue weighted by atomic mass is 79.9. The first-order valence-electron chi connectivity index (χ1n) is 7.53. The molecule has 9 heteroatoms. The van der Waals surface area contributed by atoms with Crippen LogP contribution in [-0.2, 0) is 9.53 Å². The van der Waals surface area contributed by atoms with Crippen LogP contribution in [0.1, 0.15) is 36.8 Å². The van der Waals surface area contributed by atoms with Crippen molar-refractivity contribution in [2.75, 3.05) is 19.0 Å². The molecule has 1 aliphatic heterocycles. The summed E-state index contributed by atoms with van der Waals surface area (Å²) in [6.45, 7) is -0.0481. The van der Waals surface area contributed by atoms with Gasteiger partial charge in [-0.1, -0.05) is 15.9 Å². The molecule has 1 aromatic heterocycles. The van der Waals surface area contributed by atoms with Crippen molar-refractivity contribution in [2.45, 2.75) is 6.42 Å². The second-order valence-corrected chi connectivity index (χ2v) is 7.24. The summed E-state index contributed by atoms with van der Waals surface area (Å²) in [5.74, 6) is -1.80. The number of nitrogens with zero attached hydrogens (tertiary/aromatic N) is 1. The zero-order valence-corrected chi connectivity index (χ0v) is 16.0. The van der Waals surface area contributed by atoms with Gasteiger partial charge in [0.05, 0.1) is 23.9 Å². The van der Waals surface area contributed by atoms with Gasteiger partial charge in [-0.25, -0.2) is 4.79 Å². The second kappa shape index (κ2) is 7.38. The van der Waals surface area contributed by atoms with Crippen LogP contribution in [0.4, 0.5) is 5.69 Å². The van der Waals surface area contributed by atoms with E-state index in [4.69, 9.17) is 0 Å². The maximum absolute atomic E-state index is 12.4. The molecule has 0 bridgehead atoms. The molecule has 2 aromatic rings. The number of thiophene rings is 1. The smallest absolute Gasteiger partial charge is 0.350 e. The Balaban J connectivity index is 1.64. The quantitative estimate of drug-likeness (QED) is 0.574. The van der Waals surface area contributed by atoms with Crippen molar-refractivity contribution < 1.29 is 23.9 Å². The van der Waals surface area contributed by atoms with Gasteiger partial charge in [-0.2, -0.15) is 0 Å². The number of nitrogens with one attached hydrogen (secondary N) is 1. The van der Waals surface area contributed by atoms with E-state index in [9.17, 15) is 19.2 Å². The van der Waals surface area contributed by atoms with E-state index in [-0.39, 0.29) is 17.8 Å². The number of anilines is 1. The lowest BCUT2D eigenvalue weighted by Crippen LogP contribution is -2.33. The van der Waals surface area contributed by atoms with Gasteiger partial charge in [0.1, 0.15) is 4.88 Å². The number of hydrogen-bond acceptors (Lipinski definition) is 6. The molecule has 1 N–H and O–H groups in total. The van der Waals surface area contributed by atoms with E-state index in [2.05, 4.69) is 26.0 Å². The Kier molecular flexibility index (Phi) is 5.19. The fourth-order valence-electron chi connectivity index (χ4n) is 2.55. The minimum Gasteiger partial charge on any atom is -0.465 e. The zero-order chi connectivity index (χ0) is 18.8. The van der Waals surface area contributed by atoms with E-state index >= 15 is 0 Å². The highest BCUT2D eigenvalue weighted by Crippen LogP contribution is 2.26. The molecule has 0 aliphatic carbocycles. The number of methoxy groups -OCH3 is 1. The van der Waals surface area contributed by atoms with Gasteiger partial charge in [0.2, 0.25) is 5.91 Å². The molecule has 0 unspecified atom stereocenters. The number of rotatable bonds is 5. The summed E-state index contributed by atoms with van der Waals surface area (Å²) in [5, 5.41) is 4.26. The molecule has 1 aliphatic rings. The summed E-state index contributed by atoms with van der Waals surface area (Å²) in [7, 11) is 1.26. The van der Waals surface area contributed by atoms with Gasteiger partial charge in [0.25, 0.3) is 11.8 Å². The Morgan fingerprint density at radius 1 is 1.19 bits per heavy atom. The molecule has 2 heterocycles. The highest BCUT2D eigenvalue weighted by molar-refractivity contribution is 9.10. The first-order chi connectivity index (χ1) is 12.4. The van der Waals surface area contributed by atoms with Crippen LogP contribution >= 0.6 is 27.3 Å². The number of fused-ring (bicyclic) bond motifs is 1. The van der Waals surface area contributed by atoms with Gasteiger partial charge in [0, 0.05) is 17.4 Å². The summed E-state index contributed by atoms with van der Waals surface area (Å²) >= 11 is 4.42. The Morgan fingerprint density at radius 2 is 1.92 bits per heavy atom. The molecule has 0 saturated heterocycles. The average molecular weight is 437 g/mol. The minimum absolute atomic E-state index is 0.0481. The molecule has 7 nitrogen and oxygen atoms in total. The van der Waals surface area contributed by atoms with Crippen LogP contribution in [0.25, 0.3) is 0 Å². The van der Waals surface area contributed by atoms with Crippen molar-refractivity contribution in [3.05, 3.63) is 50.1 Å². The van der Waals surface area contributed by atoms with E-state index in [1.165, 1.54) is 7.11 Å². The molecular weight excluding hydrogens is 424 g/mol. The topological polar surface area (TPSA) is 92.8 Å². The summed E-state index contributed by atoms with van der Waals surface area (Å²) < 4.78 is 5.35. The Morgan fingerprint density at radius 3 is 2.65 bits per heavy atom. The number of imide groups is 1. The number of benzene rings is 1. The normalized spacial score (nSPS) is 12.9. The molecule has 1 aromatic carbocycles.